The summed E-state index contributed by atoms with van der Waals surface area (Å²) >= 11 is 2.15. The lowest BCUT2D eigenvalue weighted by Crippen LogP contribution is -2.33. The van der Waals surface area contributed by atoms with Gasteiger partial charge >= 0.3 is 0 Å². The zero-order valence-electron chi connectivity index (χ0n) is 7.81. The van der Waals surface area contributed by atoms with Gasteiger partial charge in [0.1, 0.15) is 0 Å². The summed E-state index contributed by atoms with van der Waals surface area (Å²) in [5, 5.41) is 0. The smallest absolute Gasteiger partial charge is 0.237 e. The van der Waals surface area contributed by atoms with Crippen molar-refractivity contribution in [2.24, 2.45) is 11.8 Å². The largest absolute Gasteiger partial charge is 0.274 e. The number of carbonyl (C=O) groups is 2. The Morgan fingerprint density at radius 3 is 2.33 bits per heavy atom. The van der Waals surface area contributed by atoms with Crippen LogP contribution in [0.15, 0.2) is 24.3 Å². The molecule has 1 aliphatic carbocycles. The van der Waals surface area contributed by atoms with Gasteiger partial charge in [-0.1, -0.05) is 12.1 Å². The third-order valence-corrected chi connectivity index (χ3v) is 3.87. The lowest BCUT2D eigenvalue weighted by Gasteiger charge is -2.17. The van der Waals surface area contributed by atoms with E-state index in [1.54, 1.807) is 0 Å². The van der Waals surface area contributed by atoms with E-state index in [0.29, 0.717) is 0 Å². The molecular weight excluding hydrogens is 305 g/mol. The van der Waals surface area contributed by atoms with Crippen LogP contribution >= 0.6 is 22.6 Å². The Kier molecular flexibility index (Phi) is 1.89. The Bertz CT molecular complexity index is 451. The van der Waals surface area contributed by atoms with E-state index in [9.17, 15) is 9.59 Å². The number of para-hydroxylation sites is 1. The number of amides is 2. The van der Waals surface area contributed by atoms with Gasteiger partial charge in [0.05, 0.1) is 17.5 Å². The summed E-state index contributed by atoms with van der Waals surface area (Å²) < 4.78 is 0.943. The molecule has 2 amide bonds. The lowest BCUT2D eigenvalue weighted by molar-refractivity contribution is -0.123. The Labute approximate surface area is 101 Å². The summed E-state index contributed by atoms with van der Waals surface area (Å²) in [6.45, 7) is 0. The Hall–Kier alpha value is -0.910. The first-order chi connectivity index (χ1) is 7.20. The minimum absolute atomic E-state index is 0.0193. The fraction of sp³-hybridized carbons (Fsp3) is 0.273. The maximum atomic E-state index is 11.8. The van der Waals surface area contributed by atoms with Crippen molar-refractivity contribution in [3.63, 3.8) is 0 Å². The van der Waals surface area contributed by atoms with Crippen LogP contribution in [0, 0.1) is 15.4 Å². The summed E-state index contributed by atoms with van der Waals surface area (Å²) in [5.41, 5.74) is 0.736. The molecule has 1 heterocycles. The number of hydrogen-bond donors (Lipinski definition) is 0. The Morgan fingerprint density at radius 1 is 1.13 bits per heavy atom. The molecule has 3 rings (SSSR count). The van der Waals surface area contributed by atoms with Crippen LogP contribution in [-0.4, -0.2) is 11.8 Å². The minimum atomic E-state index is -0.0199. The molecule has 0 N–H and O–H groups in total. The number of rotatable bonds is 1. The molecule has 2 fully saturated rings. The Morgan fingerprint density at radius 2 is 1.73 bits per heavy atom. The van der Waals surface area contributed by atoms with Crippen molar-refractivity contribution >= 4 is 40.1 Å². The van der Waals surface area contributed by atoms with Crippen molar-refractivity contribution in [3.8, 4) is 0 Å². The van der Waals surface area contributed by atoms with Gasteiger partial charge < -0.3 is 0 Å². The zero-order valence-corrected chi connectivity index (χ0v) is 9.97. The molecule has 1 saturated heterocycles. The van der Waals surface area contributed by atoms with E-state index in [1.165, 1.54) is 4.90 Å². The summed E-state index contributed by atoms with van der Waals surface area (Å²) in [6, 6.07) is 7.47. The molecule has 1 aromatic rings. The van der Waals surface area contributed by atoms with Gasteiger partial charge in [0.2, 0.25) is 11.8 Å². The molecule has 4 heteroatoms. The molecule has 2 aliphatic rings. The van der Waals surface area contributed by atoms with E-state index in [4.69, 9.17) is 0 Å². The number of halogens is 1. The van der Waals surface area contributed by atoms with E-state index in [1.807, 2.05) is 24.3 Å². The standard InChI is InChI=1S/C11H8INO2/c12-8-3-1-2-4-9(8)13-10(14)6-5-7(6)11(13)15/h1-4,6-7H,5H2. The first-order valence-electron chi connectivity index (χ1n) is 4.82. The molecule has 2 atom stereocenters. The maximum Gasteiger partial charge on any atom is 0.237 e. The SMILES string of the molecule is O=C1C2CC2C(=O)N1c1ccccc1I. The van der Waals surface area contributed by atoms with Crippen LogP contribution in [0.25, 0.3) is 0 Å². The summed E-state index contributed by atoms with van der Waals surface area (Å²) in [5.74, 6) is -0.0785. The fourth-order valence-electron chi connectivity index (χ4n) is 2.05. The highest BCUT2D eigenvalue weighted by Gasteiger charge is 2.59. The average molecular weight is 313 g/mol. The number of imide groups is 1. The predicted molar refractivity (Wildman–Crippen MR) is 63.2 cm³/mol. The average Bonchev–Trinajstić information content (AvgIpc) is 2.96. The van der Waals surface area contributed by atoms with Crippen LogP contribution in [-0.2, 0) is 9.59 Å². The quantitative estimate of drug-likeness (QED) is 0.586. The van der Waals surface area contributed by atoms with E-state index in [0.717, 1.165) is 15.7 Å². The fourth-order valence-corrected chi connectivity index (χ4v) is 2.68. The van der Waals surface area contributed by atoms with Crippen molar-refractivity contribution in [2.45, 2.75) is 6.42 Å². The van der Waals surface area contributed by atoms with Crippen molar-refractivity contribution in [2.75, 3.05) is 4.90 Å². The molecule has 0 radical (unpaired) electrons. The van der Waals surface area contributed by atoms with E-state index in [-0.39, 0.29) is 23.7 Å². The molecular formula is C11H8INO2. The Balaban J connectivity index is 2.05. The van der Waals surface area contributed by atoms with E-state index in [2.05, 4.69) is 22.6 Å². The summed E-state index contributed by atoms with van der Waals surface area (Å²) in [7, 11) is 0. The first-order valence-corrected chi connectivity index (χ1v) is 5.90. The second kappa shape index (κ2) is 3.04. The number of hydrogen-bond acceptors (Lipinski definition) is 2. The highest BCUT2D eigenvalue weighted by Crippen LogP contribution is 2.48. The van der Waals surface area contributed by atoms with E-state index >= 15 is 0 Å². The molecule has 0 bridgehead atoms. The first kappa shape index (κ1) is 9.33. The third-order valence-electron chi connectivity index (χ3n) is 2.96. The molecule has 0 aromatic heterocycles. The molecule has 1 aliphatic heterocycles. The normalized spacial score (nSPS) is 28.2. The number of piperidine rings is 1. The van der Waals surface area contributed by atoms with Gasteiger partial charge in [-0.2, -0.15) is 0 Å². The highest BCUT2D eigenvalue weighted by molar-refractivity contribution is 14.1. The molecule has 15 heavy (non-hydrogen) atoms. The molecule has 2 unspecified atom stereocenters. The molecule has 1 saturated carbocycles. The van der Waals surface area contributed by atoms with Crippen LogP contribution in [0.1, 0.15) is 6.42 Å². The van der Waals surface area contributed by atoms with Crippen molar-refractivity contribution in [1.82, 2.24) is 0 Å². The molecule has 76 valence electrons. The van der Waals surface area contributed by atoms with Gasteiger partial charge in [0, 0.05) is 3.57 Å². The maximum absolute atomic E-state index is 11.8. The molecule has 1 aromatic carbocycles. The topological polar surface area (TPSA) is 37.4 Å². The third kappa shape index (κ3) is 1.24. The van der Waals surface area contributed by atoms with Crippen molar-refractivity contribution < 1.29 is 9.59 Å². The number of benzene rings is 1. The van der Waals surface area contributed by atoms with E-state index < -0.39 is 0 Å². The van der Waals surface area contributed by atoms with Crippen molar-refractivity contribution in [3.05, 3.63) is 27.8 Å². The van der Waals surface area contributed by atoms with Crippen LogP contribution in [0.2, 0.25) is 0 Å². The number of anilines is 1. The highest BCUT2D eigenvalue weighted by atomic mass is 127. The van der Waals surface area contributed by atoms with Gasteiger partial charge in [-0.05, 0) is 41.1 Å². The zero-order chi connectivity index (χ0) is 10.6. The lowest BCUT2D eigenvalue weighted by atomic mass is 10.3. The molecule has 0 spiro atoms. The van der Waals surface area contributed by atoms with Crippen molar-refractivity contribution in [1.29, 1.82) is 0 Å². The van der Waals surface area contributed by atoms with Gasteiger partial charge in [-0.25, -0.2) is 4.90 Å². The monoisotopic (exact) mass is 313 g/mol. The van der Waals surface area contributed by atoms with Crippen LogP contribution in [0.5, 0.6) is 0 Å². The molecule has 3 nitrogen and oxygen atoms in total. The van der Waals surface area contributed by atoms with Gasteiger partial charge in [-0.15, -0.1) is 0 Å². The number of fused-ring (bicyclic) bond motifs is 1. The van der Waals surface area contributed by atoms with Gasteiger partial charge in [-0.3, -0.25) is 9.59 Å². The number of carbonyl (C=O) groups excluding carboxylic acids is 2. The summed E-state index contributed by atoms with van der Waals surface area (Å²) in [6.07, 6.45) is 0.761. The summed E-state index contributed by atoms with van der Waals surface area (Å²) in [4.78, 5) is 25.0. The number of nitrogens with zero attached hydrogens (tertiary/aromatic N) is 1. The second-order valence-electron chi connectivity index (χ2n) is 3.91. The minimum Gasteiger partial charge on any atom is -0.274 e. The van der Waals surface area contributed by atoms with Crippen LogP contribution in [0.3, 0.4) is 0 Å². The van der Waals surface area contributed by atoms with Gasteiger partial charge in [0.15, 0.2) is 0 Å². The second-order valence-corrected chi connectivity index (χ2v) is 5.07. The predicted octanol–water partition coefficient (Wildman–Crippen LogP) is 1.80. The van der Waals surface area contributed by atoms with Crippen LogP contribution in [0.4, 0.5) is 5.69 Å². The van der Waals surface area contributed by atoms with Crippen LogP contribution < -0.4 is 4.90 Å². The van der Waals surface area contributed by atoms with Gasteiger partial charge in [0.25, 0.3) is 0 Å².